The lowest BCUT2D eigenvalue weighted by Crippen LogP contribution is -2.33. The Hall–Kier alpha value is -1.41. The molecular formula is C17H23N3O2S2. The van der Waals surface area contributed by atoms with Crippen LogP contribution >= 0.6 is 23.1 Å². The van der Waals surface area contributed by atoms with Gasteiger partial charge in [-0.3, -0.25) is 4.79 Å². The number of methoxy groups -OCH3 is 1. The van der Waals surface area contributed by atoms with Gasteiger partial charge in [0, 0.05) is 48.3 Å². The second-order valence-corrected chi connectivity index (χ2v) is 7.28. The van der Waals surface area contributed by atoms with E-state index >= 15 is 0 Å². The quantitative estimate of drug-likeness (QED) is 0.501. The van der Waals surface area contributed by atoms with Crippen LogP contribution in [0.1, 0.15) is 21.1 Å². The van der Waals surface area contributed by atoms with Crippen molar-refractivity contribution in [3.05, 3.63) is 45.9 Å². The fourth-order valence-corrected chi connectivity index (χ4v) is 3.51. The van der Waals surface area contributed by atoms with Crippen LogP contribution in [-0.4, -0.2) is 44.2 Å². The van der Waals surface area contributed by atoms with Gasteiger partial charge in [0.1, 0.15) is 0 Å². The second kappa shape index (κ2) is 10.5. The van der Waals surface area contributed by atoms with Gasteiger partial charge < -0.3 is 15.4 Å². The molecule has 0 bridgehead atoms. The number of carbonyl (C=O) groups is 1. The molecule has 1 heterocycles. The van der Waals surface area contributed by atoms with Crippen molar-refractivity contribution >= 4 is 29.0 Å². The molecule has 5 nitrogen and oxygen atoms in total. The van der Waals surface area contributed by atoms with E-state index in [0.717, 1.165) is 34.4 Å². The molecule has 0 unspecified atom stereocenters. The van der Waals surface area contributed by atoms with Crippen molar-refractivity contribution in [3.63, 3.8) is 0 Å². The lowest BCUT2D eigenvalue weighted by atomic mass is 10.2. The first-order valence-electron chi connectivity index (χ1n) is 7.81. The van der Waals surface area contributed by atoms with Gasteiger partial charge in [0.2, 0.25) is 0 Å². The highest BCUT2D eigenvalue weighted by Gasteiger charge is 2.05. The Kier molecular flexibility index (Phi) is 8.24. The number of nitrogens with one attached hydrogen (secondary N) is 2. The summed E-state index contributed by atoms with van der Waals surface area (Å²) in [5.41, 5.74) is 1.78. The van der Waals surface area contributed by atoms with Crippen molar-refractivity contribution in [2.75, 3.05) is 33.4 Å². The van der Waals surface area contributed by atoms with Gasteiger partial charge in [-0.25, -0.2) is 4.98 Å². The smallest absolute Gasteiger partial charge is 0.251 e. The maximum Gasteiger partial charge on any atom is 0.251 e. The molecule has 130 valence electrons. The number of amides is 1. The zero-order valence-corrected chi connectivity index (χ0v) is 15.6. The summed E-state index contributed by atoms with van der Waals surface area (Å²) in [5.74, 6) is 0.804. The van der Waals surface area contributed by atoms with Gasteiger partial charge in [-0.1, -0.05) is 0 Å². The number of aromatic nitrogens is 1. The van der Waals surface area contributed by atoms with E-state index in [9.17, 15) is 4.79 Å². The van der Waals surface area contributed by atoms with E-state index in [1.807, 2.05) is 31.2 Å². The van der Waals surface area contributed by atoms with Crippen LogP contribution in [0, 0.1) is 6.92 Å². The molecule has 1 amide bonds. The van der Waals surface area contributed by atoms with Gasteiger partial charge >= 0.3 is 0 Å². The number of benzene rings is 1. The predicted octanol–water partition coefficient (Wildman–Crippen LogP) is 2.71. The normalized spacial score (nSPS) is 10.8. The number of nitrogens with zero attached hydrogens (tertiary/aromatic N) is 1. The highest BCUT2D eigenvalue weighted by atomic mass is 32.2. The van der Waals surface area contributed by atoms with Crippen molar-refractivity contribution in [2.45, 2.75) is 17.6 Å². The van der Waals surface area contributed by atoms with E-state index in [-0.39, 0.29) is 5.91 Å². The van der Waals surface area contributed by atoms with E-state index in [4.69, 9.17) is 4.74 Å². The molecule has 2 N–H and O–H groups in total. The topological polar surface area (TPSA) is 63.2 Å². The zero-order valence-electron chi connectivity index (χ0n) is 14.0. The monoisotopic (exact) mass is 365 g/mol. The molecule has 7 heteroatoms. The van der Waals surface area contributed by atoms with Gasteiger partial charge in [-0.2, -0.15) is 0 Å². The maximum absolute atomic E-state index is 12.0. The third kappa shape index (κ3) is 6.60. The number of rotatable bonds is 10. The van der Waals surface area contributed by atoms with E-state index in [1.165, 1.54) is 0 Å². The van der Waals surface area contributed by atoms with E-state index < -0.39 is 0 Å². The summed E-state index contributed by atoms with van der Waals surface area (Å²) in [6.07, 6.45) is 0. The van der Waals surface area contributed by atoms with Crippen LogP contribution in [0.2, 0.25) is 0 Å². The van der Waals surface area contributed by atoms with Crippen molar-refractivity contribution in [3.8, 4) is 0 Å². The summed E-state index contributed by atoms with van der Waals surface area (Å²) < 4.78 is 4.94. The fourth-order valence-electron chi connectivity index (χ4n) is 2.00. The van der Waals surface area contributed by atoms with Gasteiger partial charge in [-0.05, 0) is 31.2 Å². The summed E-state index contributed by atoms with van der Waals surface area (Å²) in [4.78, 5) is 17.6. The third-order valence-electron chi connectivity index (χ3n) is 3.24. The molecular weight excluding hydrogens is 342 g/mol. The Balaban J connectivity index is 1.71. The van der Waals surface area contributed by atoms with Crippen molar-refractivity contribution in [1.29, 1.82) is 0 Å². The molecule has 24 heavy (non-hydrogen) atoms. The zero-order chi connectivity index (χ0) is 17.2. The predicted molar refractivity (Wildman–Crippen MR) is 99.9 cm³/mol. The lowest BCUT2D eigenvalue weighted by molar-refractivity contribution is 0.0953. The van der Waals surface area contributed by atoms with Crippen LogP contribution < -0.4 is 10.6 Å². The lowest BCUT2D eigenvalue weighted by Gasteiger charge is -2.07. The molecule has 0 saturated carbocycles. The summed E-state index contributed by atoms with van der Waals surface area (Å²) in [5, 5.41) is 9.27. The first kappa shape index (κ1) is 18.9. The molecule has 0 atom stereocenters. The molecule has 0 aliphatic carbocycles. The molecule has 0 fully saturated rings. The van der Waals surface area contributed by atoms with Crippen molar-refractivity contribution in [1.82, 2.24) is 15.6 Å². The van der Waals surface area contributed by atoms with E-state index in [2.05, 4.69) is 21.0 Å². The Morgan fingerprint density at radius 2 is 2.04 bits per heavy atom. The first-order valence-corrected chi connectivity index (χ1v) is 9.67. The molecule has 0 saturated heterocycles. The SMILES string of the molecule is COCCNCCNC(=O)c1ccc(SCc2csc(C)n2)cc1. The fraction of sp³-hybridized carbons (Fsp3) is 0.412. The van der Waals surface area contributed by atoms with Crippen LogP contribution in [0.4, 0.5) is 0 Å². The van der Waals surface area contributed by atoms with Crippen molar-refractivity contribution < 1.29 is 9.53 Å². The third-order valence-corrected chi connectivity index (χ3v) is 5.11. The van der Waals surface area contributed by atoms with Gasteiger partial charge in [0.15, 0.2) is 0 Å². The summed E-state index contributed by atoms with van der Waals surface area (Å²) in [6.45, 7) is 4.81. The Morgan fingerprint density at radius 3 is 2.71 bits per heavy atom. The first-order chi connectivity index (χ1) is 11.7. The molecule has 0 aliphatic heterocycles. The summed E-state index contributed by atoms with van der Waals surface area (Å²) in [7, 11) is 1.67. The van der Waals surface area contributed by atoms with Crippen LogP contribution in [0.25, 0.3) is 0 Å². The Labute approximate surface area is 151 Å². The number of hydrogen-bond donors (Lipinski definition) is 2. The van der Waals surface area contributed by atoms with Gasteiger partial charge in [-0.15, -0.1) is 23.1 Å². The molecule has 2 aromatic rings. The average molecular weight is 366 g/mol. The van der Waals surface area contributed by atoms with Crippen LogP contribution in [0.3, 0.4) is 0 Å². The number of thiazole rings is 1. The van der Waals surface area contributed by atoms with Crippen LogP contribution in [0.5, 0.6) is 0 Å². The minimum Gasteiger partial charge on any atom is -0.383 e. The largest absolute Gasteiger partial charge is 0.383 e. The average Bonchev–Trinajstić information content (AvgIpc) is 3.02. The molecule has 2 rings (SSSR count). The Morgan fingerprint density at radius 1 is 1.25 bits per heavy atom. The highest BCUT2D eigenvalue weighted by Crippen LogP contribution is 2.23. The standard InChI is InChI=1S/C17H23N3O2S2/c1-13-20-15(11-23-13)12-24-16-5-3-14(4-6-16)17(21)19-8-7-18-9-10-22-2/h3-6,11,18H,7-10,12H2,1-2H3,(H,19,21). The molecule has 0 spiro atoms. The number of thioether (sulfide) groups is 1. The van der Waals surface area contributed by atoms with E-state index in [1.54, 1.807) is 30.2 Å². The van der Waals surface area contributed by atoms with Gasteiger partial charge in [0.05, 0.1) is 17.3 Å². The Bertz CT molecular complexity index is 629. The van der Waals surface area contributed by atoms with Crippen LogP contribution in [0.15, 0.2) is 34.5 Å². The summed E-state index contributed by atoms with van der Waals surface area (Å²) in [6, 6.07) is 7.69. The highest BCUT2D eigenvalue weighted by molar-refractivity contribution is 7.98. The van der Waals surface area contributed by atoms with Gasteiger partial charge in [0.25, 0.3) is 5.91 Å². The molecule has 1 aromatic carbocycles. The van der Waals surface area contributed by atoms with Crippen molar-refractivity contribution in [2.24, 2.45) is 0 Å². The molecule has 1 aromatic heterocycles. The second-order valence-electron chi connectivity index (χ2n) is 5.17. The maximum atomic E-state index is 12.0. The number of aryl methyl sites for hydroxylation is 1. The molecule has 0 radical (unpaired) electrons. The minimum atomic E-state index is -0.0461. The minimum absolute atomic E-state index is 0.0461. The van der Waals surface area contributed by atoms with Crippen LogP contribution in [-0.2, 0) is 10.5 Å². The number of hydrogen-bond acceptors (Lipinski definition) is 6. The van der Waals surface area contributed by atoms with E-state index in [0.29, 0.717) is 18.7 Å². The number of carbonyl (C=O) groups excluding carboxylic acids is 1. The summed E-state index contributed by atoms with van der Waals surface area (Å²) >= 11 is 3.40. The number of ether oxygens (including phenoxy) is 1. The molecule has 0 aliphatic rings.